The molecule has 2 bridgehead atoms. The summed E-state index contributed by atoms with van der Waals surface area (Å²) in [7, 11) is -3.55. The van der Waals surface area contributed by atoms with E-state index in [4.69, 9.17) is 9.47 Å². The Labute approximate surface area is 177 Å². The molecular formula is C21H29N3O5S. The quantitative estimate of drug-likeness (QED) is 0.671. The predicted octanol–water partition coefficient (Wildman–Crippen LogP) is 2.22. The second-order valence-corrected chi connectivity index (χ2v) is 10.1. The molecule has 1 aromatic rings. The third-order valence-corrected chi connectivity index (χ3v) is 6.84. The van der Waals surface area contributed by atoms with Crippen LogP contribution < -0.4 is 4.74 Å². The summed E-state index contributed by atoms with van der Waals surface area (Å²) >= 11 is 0. The molecule has 0 aromatic carbocycles. The molecule has 9 heteroatoms. The fraction of sp³-hybridized carbons (Fsp3) is 0.667. The molecule has 4 aliphatic rings. The SMILES string of the molecule is Cc1ccnc2c1C1CCC(CC1)OC[C@H]1/C(=N/S(C)(=O)=O)CCCN1C(=O)CO2. The van der Waals surface area contributed by atoms with Gasteiger partial charge in [-0.2, -0.15) is 4.40 Å². The Morgan fingerprint density at radius 1 is 1.23 bits per heavy atom. The number of piperidine rings is 1. The van der Waals surface area contributed by atoms with Crippen LogP contribution in [0.4, 0.5) is 0 Å². The molecule has 0 spiro atoms. The number of ether oxygens (including phenoxy) is 2. The maximum Gasteiger partial charge on any atom is 0.261 e. The minimum atomic E-state index is -3.55. The average molecular weight is 436 g/mol. The summed E-state index contributed by atoms with van der Waals surface area (Å²) in [5.74, 6) is 0.672. The number of carbonyl (C=O) groups excluding carboxylic acids is 1. The molecule has 2 fully saturated rings. The van der Waals surface area contributed by atoms with Crippen LogP contribution in [0.5, 0.6) is 5.88 Å². The van der Waals surface area contributed by atoms with Gasteiger partial charge in [-0.05, 0) is 63.0 Å². The van der Waals surface area contributed by atoms with Gasteiger partial charge in [0, 0.05) is 18.3 Å². The highest BCUT2D eigenvalue weighted by molar-refractivity contribution is 7.89. The number of aromatic nitrogens is 1. The number of fused-ring (bicyclic) bond motifs is 5. The minimum absolute atomic E-state index is 0.0988. The number of amides is 1. The molecule has 0 radical (unpaired) electrons. The Morgan fingerprint density at radius 3 is 2.73 bits per heavy atom. The van der Waals surface area contributed by atoms with Gasteiger partial charge in [0.1, 0.15) is 0 Å². The predicted molar refractivity (Wildman–Crippen MR) is 112 cm³/mol. The average Bonchev–Trinajstić information content (AvgIpc) is 2.71. The number of nitrogens with zero attached hydrogens (tertiary/aromatic N) is 3. The molecule has 3 aliphatic heterocycles. The van der Waals surface area contributed by atoms with Crippen LogP contribution in [0.25, 0.3) is 0 Å². The highest BCUT2D eigenvalue weighted by Crippen LogP contribution is 2.39. The molecule has 1 atom stereocenters. The number of pyridine rings is 1. The second kappa shape index (κ2) is 8.63. The summed E-state index contributed by atoms with van der Waals surface area (Å²) in [6.07, 6.45) is 7.87. The molecule has 1 aliphatic carbocycles. The van der Waals surface area contributed by atoms with Crippen LogP contribution in [-0.2, 0) is 19.6 Å². The molecule has 5 rings (SSSR count). The van der Waals surface area contributed by atoms with Gasteiger partial charge in [-0.15, -0.1) is 0 Å². The van der Waals surface area contributed by atoms with Gasteiger partial charge >= 0.3 is 0 Å². The first kappa shape index (κ1) is 21.2. The minimum Gasteiger partial charge on any atom is -0.467 e. The van der Waals surface area contributed by atoms with Crippen molar-refractivity contribution in [1.82, 2.24) is 9.88 Å². The first-order chi connectivity index (χ1) is 14.3. The highest BCUT2D eigenvalue weighted by atomic mass is 32.2. The van der Waals surface area contributed by atoms with Crippen molar-refractivity contribution in [3.63, 3.8) is 0 Å². The molecule has 8 nitrogen and oxygen atoms in total. The molecule has 30 heavy (non-hydrogen) atoms. The Kier molecular flexibility index (Phi) is 6.11. The van der Waals surface area contributed by atoms with Gasteiger partial charge < -0.3 is 14.4 Å². The smallest absolute Gasteiger partial charge is 0.261 e. The van der Waals surface area contributed by atoms with Crippen LogP contribution in [0, 0.1) is 6.92 Å². The first-order valence-corrected chi connectivity index (χ1v) is 12.4. The third kappa shape index (κ3) is 4.67. The molecular weight excluding hydrogens is 406 g/mol. The summed E-state index contributed by atoms with van der Waals surface area (Å²) in [5, 5.41) is 0. The van der Waals surface area contributed by atoms with Crippen molar-refractivity contribution in [2.24, 2.45) is 4.40 Å². The van der Waals surface area contributed by atoms with E-state index in [9.17, 15) is 13.2 Å². The Balaban J connectivity index is 1.68. The van der Waals surface area contributed by atoms with Crippen molar-refractivity contribution in [2.45, 2.75) is 63.5 Å². The fourth-order valence-electron chi connectivity index (χ4n) is 4.85. The summed E-state index contributed by atoms with van der Waals surface area (Å²) in [6.45, 7) is 2.71. The van der Waals surface area contributed by atoms with E-state index in [1.807, 2.05) is 6.07 Å². The van der Waals surface area contributed by atoms with E-state index >= 15 is 0 Å². The van der Waals surface area contributed by atoms with Crippen molar-refractivity contribution >= 4 is 21.6 Å². The zero-order valence-electron chi connectivity index (χ0n) is 17.5. The van der Waals surface area contributed by atoms with Gasteiger partial charge in [0.25, 0.3) is 5.91 Å². The lowest BCUT2D eigenvalue weighted by Crippen LogP contribution is -2.53. The fourth-order valence-corrected chi connectivity index (χ4v) is 5.49. The third-order valence-electron chi connectivity index (χ3n) is 6.27. The zero-order valence-corrected chi connectivity index (χ0v) is 18.4. The van der Waals surface area contributed by atoms with Crippen molar-refractivity contribution in [3.8, 4) is 5.88 Å². The van der Waals surface area contributed by atoms with Crippen LogP contribution in [0.2, 0.25) is 0 Å². The lowest BCUT2D eigenvalue weighted by Gasteiger charge is -2.37. The Bertz CT molecular complexity index is 938. The van der Waals surface area contributed by atoms with Crippen LogP contribution in [0.15, 0.2) is 16.7 Å². The van der Waals surface area contributed by atoms with Gasteiger partial charge in [0.15, 0.2) is 6.61 Å². The maximum absolute atomic E-state index is 13.0. The van der Waals surface area contributed by atoms with Crippen molar-refractivity contribution in [3.05, 3.63) is 23.4 Å². The summed E-state index contributed by atoms with van der Waals surface area (Å²) < 4.78 is 39.7. The van der Waals surface area contributed by atoms with Crippen LogP contribution in [0.3, 0.4) is 0 Å². The van der Waals surface area contributed by atoms with Crippen LogP contribution >= 0.6 is 0 Å². The number of carbonyl (C=O) groups is 1. The number of sulfonamides is 1. The van der Waals surface area contributed by atoms with E-state index < -0.39 is 16.1 Å². The summed E-state index contributed by atoms with van der Waals surface area (Å²) in [5.41, 5.74) is 2.72. The number of hydrogen-bond acceptors (Lipinski definition) is 6. The lowest BCUT2D eigenvalue weighted by molar-refractivity contribution is -0.136. The monoisotopic (exact) mass is 435 g/mol. The van der Waals surface area contributed by atoms with Crippen molar-refractivity contribution in [2.75, 3.05) is 26.0 Å². The van der Waals surface area contributed by atoms with Crippen molar-refractivity contribution in [1.29, 1.82) is 0 Å². The largest absolute Gasteiger partial charge is 0.467 e. The van der Waals surface area contributed by atoms with E-state index in [1.165, 1.54) is 0 Å². The molecule has 4 heterocycles. The second-order valence-electron chi connectivity index (χ2n) is 8.46. The summed E-state index contributed by atoms with van der Waals surface area (Å²) in [6, 6.07) is 1.51. The standard InChI is InChI=1S/C21H29N3O5S/c1-14-9-10-22-21-20(14)15-5-7-16(8-6-15)28-12-18-17(23-30(2,26)27)4-3-11-24(18)19(25)13-29-21/h9-10,15-16,18H,3-8,11-13H2,1-2H3/b23-17+/t15?,16?,18-/m0/s1. The Morgan fingerprint density at radius 2 is 2.00 bits per heavy atom. The van der Waals surface area contributed by atoms with Crippen LogP contribution in [-0.4, -0.2) is 68.1 Å². The molecule has 1 saturated heterocycles. The highest BCUT2D eigenvalue weighted by Gasteiger charge is 2.35. The zero-order chi connectivity index (χ0) is 21.3. The van der Waals surface area contributed by atoms with Gasteiger partial charge in [0.2, 0.25) is 15.9 Å². The molecule has 0 N–H and O–H groups in total. The normalized spacial score (nSPS) is 29.3. The summed E-state index contributed by atoms with van der Waals surface area (Å²) in [4.78, 5) is 19.1. The van der Waals surface area contributed by atoms with Gasteiger partial charge in [-0.1, -0.05) is 0 Å². The topological polar surface area (TPSA) is 98.2 Å². The number of aryl methyl sites for hydroxylation is 1. The molecule has 164 valence electrons. The van der Waals surface area contributed by atoms with E-state index in [1.54, 1.807) is 11.1 Å². The van der Waals surface area contributed by atoms with Gasteiger partial charge in [0.05, 0.1) is 30.7 Å². The molecule has 0 unspecified atom stereocenters. The lowest BCUT2D eigenvalue weighted by atomic mass is 9.81. The molecule has 1 saturated carbocycles. The van der Waals surface area contributed by atoms with E-state index in [2.05, 4.69) is 16.3 Å². The number of rotatable bonds is 1. The van der Waals surface area contributed by atoms with E-state index in [-0.39, 0.29) is 25.2 Å². The van der Waals surface area contributed by atoms with E-state index in [0.29, 0.717) is 36.9 Å². The first-order valence-electron chi connectivity index (χ1n) is 10.6. The molecule has 1 aromatic heterocycles. The van der Waals surface area contributed by atoms with Gasteiger partial charge in [-0.3, -0.25) is 4.79 Å². The molecule has 1 amide bonds. The van der Waals surface area contributed by atoms with Crippen molar-refractivity contribution < 1.29 is 22.7 Å². The number of hydrogen-bond donors (Lipinski definition) is 0. The van der Waals surface area contributed by atoms with E-state index in [0.717, 1.165) is 43.1 Å². The maximum atomic E-state index is 13.0. The van der Waals surface area contributed by atoms with Crippen LogP contribution in [0.1, 0.15) is 55.6 Å². The Hall–Kier alpha value is -2.00. The van der Waals surface area contributed by atoms with Gasteiger partial charge in [-0.25, -0.2) is 13.4 Å².